The maximum atomic E-state index is 12.9. The fourth-order valence-electron chi connectivity index (χ4n) is 3.84. The van der Waals surface area contributed by atoms with Crippen LogP contribution in [-0.4, -0.2) is 39.6 Å². The van der Waals surface area contributed by atoms with Crippen LogP contribution in [0.3, 0.4) is 0 Å². The summed E-state index contributed by atoms with van der Waals surface area (Å²) >= 11 is 0. The predicted octanol–water partition coefficient (Wildman–Crippen LogP) is 3.60. The third kappa shape index (κ3) is 5.60. The van der Waals surface area contributed by atoms with E-state index in [0.717, 1.165) is 23.5 Å². The van der Waals surface area contributed by atoms with Crippen LogP contribution in [0.2, 0.25) is 0 Å². The molecule has 0 unspecified atom stereocenters. The number of nitrogens with zero attached hydrogens (tertiary/aromatic N) is 3. The van der Waals surface area contributed by atoms with Crippen molar-refractivity contribution in [1.29, 1.82) is 0 Å². The number of benzene rings is 2. The van der Waals surface area contributed by atoms with Crippen LogP contribution in [0.5, 0.6) is 0 Å². The average molecular weight is 456 g/mol. The quantitative estimate of drug-likeness (QED) is 0.591. The molecule has 1 N–H and O–H groups in total. The summed E-state index contributed by atoms with van der Waals surface area (Å²) in [7, 11) is 0. The number of hydrogen-bond donors (Lipinski definition) is 1. The van der Waals surface area contributed by atoms with Gasteiger partial charge in [0.2, 0.25) is 11.8 Å². The van der Waals surface area contributed by atoms with Gasteiger partial charge in [-0.2, -0.15) is 18.3 Å². The third-order valence-corrected chi connectivity index (χ3v) is 5.56. The number of amides is 2. The summed E-state index contributed by atoms with van der Waals surface area (Å²) in [4.78, 5) is 26.3. The van der Waals surface area contributed by atoms with Gasteiger partial charge in [-0.15, -0.1) is 0 Å². The Morgan fingerprint density at radius 3 is 2.64 bits per heavy atom. The Hall–Kier alpha value is -3.62. The maximum absolute atomic E-state index is 12.9. The first-order chi connectivity index (χ1) is 15.8. The third-order valence-electron chi connectivity index (χ3n) is 5.56. The van der Waals surface area contributed by atoms with Crippen LogP contribution in [0, 0.1) is 5.92 Å². The lowest BCUT2D eigenvalue weighted by Gasteiger charge is -2.17. The van der Waals surface area contributed by atoms with Crippen molar-refractivity contribution < 1.29 is 22.8 Å². The minimum atomic E-state index is -4.44. The van der Waals surface area contributed by atoms with Crippen molar-refractivity contribution in [2.75, 3.05) is 13.1 Å². The van der Waals surface area contributed by atoms with E-state index in [1.165, 1.54) is 11.0 Å². The number of alkyl halides is 3. The maximum Gasteiger partial charge on any atom is 0.416 e. The highest BCUT2D eigenvalue weighted by Gasteiger charge is 2.35. The van der Waals surface area contributed by atoms with Gasteiger partial charge in [-0.05, 0) is 35.9 Å². The van der Waals surface area contributed by atoms with Crippen LogP contribution < -0.4 is 5.32 Å². The summed E-state index contributed by atoms with van der Waals surface area (Å²) in [6, 6.07) is 16.5. The van der Waals surface area contributed by atoms with Crippen molar-refractivity contribution in [2.24, 2.45) is 5.92 Å². The van der Waals surface area contributed by atoms with Crippen molar-refractivity contribution >= 4 is 11.8 Å². The number of aromatic nitrogens is 2. The molecule has 1 aliphatic heterocycles. The second-order valence-electron chi connectivity index (χ2n) is 8.00. The van der Waals surface area contributed by atoms with E-state index in [1.807, 2.05) is 42.6 Å². The van der Waals surface area contributed by atoms with Crippen molar-refractivity contribution in [3.05, 3.63) is 83.7 Å². The Kier molecular flexibility index (Phi) is 6.48. The Bertz CT molecular complexity index is 1130. The topological polar surface area (TPSA) is 67.2 Å². The lowest BCUT2D eigenvalue weighted by Crippen LogP contribution is -2.34. The molecule has 1 fully saturated rings. The number of hydrogen-bond acceptors (Lipinski definition) is 3. The summed E-state index contributed by atoms with van der Waals surface area (Å²) < 4.78 is 40.5. The summed E-state index contributed by atoms with van der Waals surface area (Å²) in [6.07, 6.45) is -1.99. The zero-order valence-electron chi connectivity index (χ0n) is 17.8. The molecular weight excluding hydrogens is 433 g/mol. The molecule has 2 amide bonds. The first-order valence-corrected chi connectivity index (χ1v) is 10.6. The van der Waals surface area contributed by atoms with Gasteiger partial charge in [-0.1, -0.05) is 30.3 Å². The molecule has 2 heterocycles. The number of para-hydroxylation sites is 1. The fourth-order valence-corrected chi connectivity index (χ4v) is 3.84. The zero-order chi connectivity index (χ0) is 23.4. The van der Waals surface area contributed by atoms with E-state index in [-0.39, 0.29) is 31.3 Å². The Balaban J connectivity index is 1.27. The van der Waals surface area contributed by atoms with Crippen LogP contribution in [0.15, 0.2) is 66.9 Å². The normalized spacial score (nSPS) is 16.3. The molecule has 9 heteroatoms. The highest BCUT2D eigenvalue weighted by molar-refractivity contribution is 5.89. The smallest absolute Gasteiger partial charge is 0.355 e. The Morgan fingerprint density at radius 1 is 1.09 bits per heavy atom. The molecule has 0 spiro atoms. The van der Waals surface area contributed by atoms with Crippen LogP contribution in [-0.2, 0) is 28.7 Å². The lowest BCUT2D eigenvalue weighted by molar-refractivity contribution is -0.137. The molecule has 33 heavy (non-hydrogen) atoms. The number of rotatable bonds is 7. The SMILES string of the molecule is O=C(NCCc1ccn(-c2ccccc2)n1)[C@H]1CC(=O)N(Cc2cccc(C(F)(F)F)c2)C1. The second-order valence-corrected chi connectivity index (χ2v) is 8.00. The van der Waals surface area contributed by atoms with Gasteiger partial charge in [-0.25, -0.2) is 4.68 Å². The molecule has 4 rings (SSSR count). The summed E-state index contributed by atoms with van der Waals surface area (Å²) in [5, 5.41) is 7.33. The molecule has 0 aliphatic carbocycles. The van der Waals surface area contributed by atoms with Gasteiger partial charge in [0.15, 0.2) is 0 Å². The van der Waals surface area contributed by atoms with E-state index in [1.54, 1.807) is 10.7 Å². The Morgan fingerprint density at radius 2 is 1.88 bits per heavy atom. The van der Waals surface area contributed by atoms with Gasteiger partial charge < -0.3 is 10.2 Å². The van der Waals surface area contributed by atoms with Crippen molar-refractivity contribution in [3.8, 4) is 5.69 Å². The van der Waals surface area contributed by atoms with Gasteiger partial charge in [0.1, 0.15) is 0 Å². The van der Waals surface area contributed by atoms with Crippen LogP contribution in [0.25, 0.3) is 5.69 Å². The van der Waals surface area contributed by atoms with E-state index in [2.05, 4.69) is 10.4 Å². The first kappa shape index (κ1) is 22.6. The van der Waals surface area contributed by atoms with Crippen LogP contribution in [0.1, 0.15) is 23.2 Å². The number of carbonyl (C=O) groups is 2. The van der Waals surface area contributed by atoms with Gasteiger partial charge in [0, 0.05) is 38.7 Å². The average Bonchev–Trinajstić information content (AvgIpc) is 3.41. The molecule has 0 radical (unpaired) electrons. The van der Waals surface area contributed by atoms with Crippen molar-refractivity contribution in [1.82, 2.24) is 20.0 Å². The first-order valence-electron chi connectivity index (χ1n) is 10.6. The van der Waals surface area contributed by atoms with Crippen molar-refractivity contribution in [3.63, 3.8) is 0 Å². The number of halogens is 3. The monoisotopic (exact) mass is 456 g/mol. The highest BCUT2D eigenvalue weighted by Crippen LogP contribution is 2.30. The molecule has 1 aromatic heterocycles. The predicted molar refractivity (Wildman–Crippen MR) is 115 cm³/mol. The van der Waals surface area contributed by atoms with E-state index >= 15 is 0 Å². The fraction of sp³-hybridized carbons (Fsp3) is 0.292. The summed E-state index contributed by atoms with van der Waals surface area (Å²) in [5.74, 6) is -1.00. The second kappa shape index (κ2) is 9.48. The molecule has 0 saturated carbocycles. The largest absolute Gasteiger partial charge is 0.416 e. The molecule has 1 aliphatic rings. The lowest BCUT2D eigenvalue weighted by atomic mass is 10.1. The highest BCUT2D eigenvalue weighted by atomic mass is 19.4. The van der Waals surface area contributed by atoms with E-state index < -0.39 is 17.7 Å². The van der Waals surface area contributed by atoms with Gasteiger partial charge in [-0.3, -0.25) is 9.59 Å². The molecule has 0 bridgehead atoms. The minimum absolute atomic E-state index is 0.0451. The number of likely N-dealkylation sites (tertiary alicyclic amines) is 1. The number of carbonyl (C=O) groups excluding carboxylic acids is 2. The molecule has 3 aromatic rings. The van der Waals surface area contributed by atoms with E-state index in [0.29, 0.717) is 18.5 Å². The van der Waals surface area contributed by atoms with Crippen LogP contribution >= 0.6 is 0 Å². The molecule has 1 atom stereocenters. The van der Waals surface area contributed by atoms with Crippen molar-refractivity contribution in [2.45, 2.75) is 25.6 Å². The van der Waals surface area contributed by atoms with E-state index in [4.69, 9.17) is 0 Å². The summed E-state index contributed by atoms with van der Waals surface area (Å²) in [5.41, 5.74) is 1.40. The van der Waals surface area contributed by atoms with Gasteiger partial charge in [0.25, 0.3) is 0 Å². The molecular formula is C24H23F3N4O2. The summed E-state index contributed by atoms with van der Waals surface area (Å²) in [6.45, 7) is 0.607. The zero-order valence-corrected chi connectivity index (χ0v) is 17.8. The molecule has 6 nitrogen and oxygen atoms in total. The molecule has 2 aromatic carbocycles. The standard InChI is InChI=1S/C24H23F3N4O2/c25-24(26,27)19-6-4-5-17(13-19)15-30-16-18(14-22(30)32)23(33)28-11-9-20-10-12-31(29-20)21-7-2-1-3-8-21/h1-8,10,12-13,18H,9,11,14-16H2,(H,28,33)/t18-/m0/s1. The van der Waals surface area contributed by atoms with E-state index in [9.17, 15) is 22.8 Å². The number of nitrogens with one attached hydrogen (secondary N) is 1. The van der Waals surface area contributed by atoms with Gasteiger partial charge in [0.05, 0.1) is 22.9 Å². The molecule has 172 valence electrons. The van der Waals surface area contributed by atoms with Crippen LogP contribution in [0.4, 0.5) is 13.2 Å². The minimum Gasteiger partial charge on any atom is -0.355 e. The Labute approximate surface area is 189 Å². The molecule has 1 saturated heterocycles. The van der Waals surface area contributed by atoms with Gasteiger partial charge >= 0.3 is 6.18 Å².